The minimum absolute atomic E-state index is 0.0555. The van der Waals surface area contributed by atoms with Gasteiger partial charge < -0.3 is 5.11 Å². The monoisotopic (exact) mass is 246 g/mol. The highest BCUT2D eigenvalue weighted by Gasteiger charge is 2.18. The maximum Gasteiger partial charge on any atom is 0.303 e. The van der Waals surface area contributed by atoms with Crippen LogP contribution in [-0.4, -0.2) is 11.1 Å². The maximum absolute atomic E-state index is 10.7. The molecule has 0 amide bonds. The number of hydrogen-bond acceptors (Lipinski definition) is 1. The summed E-state index contributed by atoms with van der Waals surface area (Å²) in [6.45, 7) is 1.92. The highest BCUT2D eigenvalue weighted by molar-refractivity contribution is 6.36. The summed E-state index contributed by atoms with van der Waals surface area (Å²) in [7, 11) is 0. The number of carbonyl (C=O) groups is 1. The lowest BCUT2D eigenvalue weighted by molar-refractivity contribution is -0.137. The van der Waals surface area contributed by atoms with Crippen molar-refractivity contribution in [2.45, 2.75) is 25.7 Å². The van der Waals surface area contributed by atoms with Crippen molar-refractivity contribution in [3.05, 3.63) is 33.8 Å². The molecule has 1 N–H and O–H groups in total. The third-order valence-corrected chi connectivity index (χ3v) is 2.98. The molecular formula is C11H12Cl2O2. The van der Waals surface area contributed by atoms with Crippen LogP contribution in [0.2, 0.25) is 10.0 Å². The number of hydrogen-bond donors (Lipinski definition) is 1. The van der Waals surface area contributed by atoms with Gasteiger partial charge in [0.1, 0.15) is 0 Å². The Labute approximate surface area is 98.8 Å². The van der Waals surface area contributed by atoms with Gasteiger partial charge in [-0.1, -0.05) is 36.2 Å². The first kappa shape index (κ1) is 12.3. The van der Waals surface area contributed by atoms with Gasteiger partial charge in [-0.05, 0) is 30.0 Å². The molecule has 1 atom stereocenters. The van der Waals surface area contributed by atoms with Crippen molar-refractivity contribution in [3.8, 4) is 0 Å². The van der Waals surface area contributed by atoms with E-state index in [1.54, 1.807) is 18.2 Å². The van der Waals surface area contributed by atoms with E-state index in [-0.39, 0.29) is 12.3 Å². The number of benzene rings is 1. The van der Waals surface area contributed by atoms with Gasteiger partial charge in [0.05, 0.1) is 6.42 Å². The Morgan fingerprint density at radius 3 is 2.33 bits per heavy atom. The molecule has 0 heterocycles. The Hall–Kier alpha value is -0.730. The van der Waals surface area contributed by atoms with E-state index in [4.69, 9.17) is 28.3 Å². The summed E-state index contributed by atoms with van der Waals surface area (Å²) in [6.07, 6.45) is 0.760. The zero-order valence-corrected chi connectivity index (χ0v) is 9.85. The Morgan fingerprint density at radius 1 is 1.40 bits per heavy atom. The van der Waals surface area contributed by atoms with Gasteiger partial charge in [0, 0.05) is 10.0 Å². The van der Waals surface area contributed by atoms with Crippen LogP contribution < -0.4 is 0 Å². The van der Waals surface area contributed by atoms with Crippen molar-refractivity contribution in [1.82, 2.24) is 0 Å². The largest absolute Gasteiger partial charge is 0.481 e. The van der Waals surface area contributed by atoms with Crippen molar-refractivity contribution in [3.63, 3.8) is 0 Å². The van der Waals surface area contributed by atoms with E-state index in [2.05, 4.69) is 0 Å². The highest BCUT2D eigenvalue weighted by Crippen LogP contribution is 2.35. The van der Waals surface area contributed by atoms with Crippen molar-refractivity contribution in [1.29, 1.82) is 0 Å². The standard InChI is InChI=1S/C11H12Cl2O2/c1-2-7(6-10(14)15)11-8(12)4-3-5-9(11)13/h3-5,7H,2,6H2,1H3,(H,14,15). The minimum Gasteiger partial charge on any atom is -0.481 e. The fourth-order valence-electron chi connectivity index (χ4n) is 1.56. The van der Waals surface area contributed by atoms with E-state index in [1.807, 2.05) is 6.92 Å². The third kappa shape index (κ3) is 3.11. The van der Waals surface area contributed by atoms with Crippen LogP contribution in [0.1, 0.15) is 31.2 Å². The number of carboxylic acids is 1. The molecule has 0 saturated heterocycles. The summed E-state index contributed by atoms with van der Waals surface area (Å²) in [5.74, 6) is -0.957. The van der Waals surface area contributed by atoms with Crippen LogP contribution in [0, 0.1) is 0 Å². The van der Waals surface area contributed by atoms with E-state index in [1.165, 1.54) is 0 Å². The van der Waals surface area contributed by atoms with Gasteiger partial charge >= 0.3 is 5.97 Å². The topological polar surface area (TPSA) is 37.3 Å². The molecule has 1 rings (SSSR count). The molecule has 15 heavy (non-hydrogen) atoms. The first-order valence-corrected chi connectivity index (χ1v) is 5.47. The quantitative estimate of drug-likeness (QED) is 0.874. The summed E-state index contributed by atoms with van der Waals surface area (Å²) in [5.41, 5.74) is 0.741. The first-order valence-electron chi connectivity index (χ1n) is 4.72. The van der Waals surface area contributed by atoms with Crippen molar-refractivity contribution < 1.29 is 9.90 Å². The lowest BCUT2D eigenvalue weighted by Crippen LogP contribution is -2.06. The van der Waals surface area contributed by atoms with E-state index < -0.39 is 5.97 Å². The molecule has 0 aliphatic heterocycles. The second kappa shape index (κ2) is 5.38. The molecule has 1 unspecified atom stereocenters. The molecular weight excluding hydrogens is 235 g/mol. The molecule has 0 bridgehead atoms. The average Bonchev–Trinajstić information content (AvgIpc) is 2.15. The van der Waals surface area contributed by atoms with Gasteiger partial charge in [0.25, 0.3) is 0 Å². The second-order valence-corrected chi connectivity index (χ2v) is 4.15. The Bertz CT molecular complexity index is 343. The number of halogens is 2. The molecule has 0 aliphatic rings. The minimum atomic E-state index is -0.835. The Kier molecular flexibility index (Phi) is 4.43. The van der Waals surface area contributed by atoms with Gasteiger partial charge in [-0.15, -0.1) is 0 Å². The zero-order chi connectivity index (χ0) is 11.4. The van der Waals surface area contributed by atoms with Crippen molar-refractivity contribution in [2.24, 2.45) is 0 Å². The normalized spacial score (nSPS) is 12.5. The van der Waals surface area contributed by atoms with Gasteiger partial charge in [-0.25, -0.2) is 0 Å². The molecule has 4 heteroatoms. The molecule has 1 aromatic rings. The number of carboxylic acid groups (broad SMARTS) is 1. The Balaban J connectivity index is 3.05. The van der Waals surface area contributed by atoms with Gasteiger partial charge in [-0.2, -0.15) is 0 Å². The van der Waals surface area contributed by atoms with E-state index in [9.17, 15) is 4.79 Å². The lowest BCUT2D eigenvalue weighted by Gasteiger charge is -2.16. The summed E-state index contributed by atoms with van der Waals surface area (Å²) in [4.78, 5) is 10.7. The predicted octanol–water partition coefficient (Wildman–Crippen LogP) is 3.96. The number of rotatable bonds is 4. The van der Waals surface area contributed by atoms with Crippen LogP contribution in [0.25, 0.3) is 0 Å². The fourth-order valence-corrected chi connectivity index (χ4v) is 2.27. The Morgan fingerprint density at radius 2 is 1.93 bits per heavy atom. The van der Waals surface area contributed by atoms with Crippen LogP contribution in [0.5, 0.6) is 0 Å². The number of aliphatic carboxylic acids is 1. The van der Waals surface area contributed by atoms with Gasteiger partial charge in [0.2, 0.25) is 0 Å². The molecule has 0 spiro atoms. The summed E-state index contributed by atoms with van der Waals surface area (Å²) < 4.78 is 0. The van der Waals surface area contributed by atoms with Crippen LogP contribution >= 0.6 is 23.2 Å². The fraction of sp³-hybridized carbons (Fsp3) is 0.364. The molecule has 0 saturated carbocycles. The van der Waals surface area contributed by atoms with E-state index in [0.29, 0.717) is 16.5 Å². The molecule has 0 aliphatic carbocycles. The summed E-state index contributed by atoms with van der Waals surface area (Å²) in [6, 6.07) is 5.21. The molecule has 0 fully saturated rings. The van der Waals surface area contributed by atoms with E-state index >= 15 is 0 Å². The van der Waals surface area contributed by atoms with Crippen LogP contribution in [-0.2, 0) is 4.79 Å². The van der Waals surface area contributed by atoms with E-state index in [0.717, 1.165) is 5.56 Å². The molecule has 0 aromatic heterocycles. The van der Waals surface area contributed by atoms with Crippen molar-refractivity contribution >= 4 is 29.2 Å². The third-order valence-electron chi connectivity index (χ3n) is 2.32. The summed E-state index contributed by atoms with van der Waals surface area (Å²) >= 11 is 12.0. The van der Waals surface area contributed by atoms with Crippen LogP contribution in [0.4, 0.5) is 0 Å². The average molecular weight is 247 g/mol. The lowest BCUT2D eigenvalue weighted by atomic mass is 9.93. The summed E-state index contributed by atoms with van der Waals surface area (Å²) in [5, 5.41) is 9.85. The van der Waals surface area contributed by atoms with Crippen LogP contribution in [0.15, 0.2) is 18.2 Å². The zero-order valence-electron chi connectivity index (χ0n) is 8.34. The first-order chi connectivity index (χ1) is 7.06. The molecule has 82 valence electrons. The van der Waals surface area contributed by atoms with Gasteiger partial charge in [-0.3, -0.25) is 4.79 Å². The molecule has 0 radical (unpaired) electrons. The van der Waals surface area contributed by atoms with Crippen molar-refractivity contribution in [2.75, 3.05) is 0 Å². The smallest absolute Gasteiger partial charge is 0.303 e. The van der Waals surface area contributed by atoms with Crippen LogP contribution in [0.3, 0.4) is 0 Å². The predicted molar refractivity (Wildman–Crippen MR) is 61.7 cm³/mol. The van der Waals surface area contributed by atoms with Gasteiger partial charge in [0.15, 0.2) is 0 Å². The highest BCUT2D eigenvalue weighted by atomic mass is 35.5. The SMILES string of the molecule is CCC(CC(=O)O)c1c(Cl)cccc1Cl. The molecule has 2 nitrogen and oxygen atoms in total. The maximum atomic E-state index is 10.7. The molecule has 1 aromatic carbocycles. The second-order valence-electron chi connectivity index (χ2n) is 3.34.